The van der Waals surface area contributed by atoms with Gasteiger partial charge in [-0.25, -0.2) is 9.97 Å². The molecule has 1 saturated heterocycles. The summed E-state index contributed by atoms with van der Waals surface area (Å²) in [6.45, 7) is 3.13. The first-order chi connectivity index (χ1) is 7.57. The fraction of sp³-hybridized carbons (Fsp3) is 0.600. The Labute approximate surface area is 98.8 Å². The van der Waals surface area contributed by atoms with Crippen molar-refractivity contribution < 1.29 is 9.84 Å². The van der Waals surface area contributed by atoms with E-state index in [0.29, 0.717) is 43.0 Å². The summed E-state index contributed by atoms with van der Waals surface area (Å²) in [4.78, 5) is 8.13. The minimum atomic E-state index is -0.800. The molecule has 1 aromatic heterocycles. The Hall–Kier alpha value is -0.910. The number of nitrogens with one attached hydrogen (secondary N) is 1. The van der Waals surface area contributed by atoms with Crippen molar-refractivity contribution in [2.45, 2.75) is 18.9 Å². The first-order valence-electron chi connectivity index (χ1n) is 5.13. The van der Waals surface area contributed by atoms with E-state index in [2.05, 4.69) is 15.3 Å². The lowest BCUT2D eigenvalue weighted by molar-refractivity contribution is 0.0381. The zero-order valence-corrected chi connectivity index (χ0v) is 9.79. The van der Waals surface area contributed by atoms with E-state index in [1.165, 1.54) is 0 Å². The molecule has 0 spiro atoms. The van der Waals surface area contributed by atoms with Crippen molar-refractivity contribution >= 4 is 17.4 Å². The summed E-state index contributed by atoms with van der Waals surface area (Å²) < 4.78 is 5.15. The Morgan fingerprint density at radius 2 is 2.44 bits per heavy atom. The molecule has 1 aromatic rings. The fourth-order valence-electron chi connectivity index (χ4n) is 1.61. The van der Waals surface area contributed by atoms with Crippen LogP contribution < -0.4 is 5.32 Å². The van der Waals surface area contributed by atoms with Gasteiger partial charge in [-0.2, -0.15) is 0 Å². The summed E-state index contributed by atoms with van der Waals surface area (Å²) in [7, 11) is 0. The van der Waals surface area contributed by atoms with E-state index < -0.39 is 5.60 Å². The monoisotopic (exact) mass is 243 g/mol. The molecular formula is C10H14ClN3O2. The molecule has 16 heavy (non-hydrogen) atoms. The van der Waals surface area contributed by atoms with Crippen molar-refractivity contribution in [3.63, 3.8) is 0 Å². The van der Waals surface area contributed by atoms with Crippen LogP contribution in [0.5, 0.6) is 0 Å². The molecule has 5 nitrogen and oxygen atoms in total. The SMILES string of the molecule is Cc1nc(Cl)cc(NCC2(O)CCOC2)n1. The third-order valence-corrected chi connectivity index (χ3v) is 2.68. The van der Waals surface area contributed by atoms with E-state index in [0.717, 1.165) is 0 Å². The minimum Gasteiger partial charge on any atom is -0.386 e. The molecule has 1 aliphatic rings. The van der Waals surface area contributed by atoms with Gasteiger partial charge in [0.05, 0.1) is 6.61 Å². The van der Waals surface area contributed by atoms with Gasteiger partial charge in [-0.3, -0.25) is 0 Å². The van der Waals surface area contributed by atoms with Crippen LogP contribution in [0.3, 0.4) is 0 Å². The maximum absolute atomic E-state index is 10.0. The number of hydrogen-bond acceptors (Lipinski definition) is 5. The number of nitrogens with zero attached hydrogens (tertiary/aromatic N) is 2. The third kappa shape index (κ3) is 2.81. The van der Waals surface area contributed by atoms with E-state index in [9.17, 15) is 5.11 Å². The van der Waals surface area contributed by atoms with Gasteiger partial charge in [-0.15, -0.1) is 0 Å². The highest BCUT2D eigenvalue weighted by atomic mass is 35.5. The molecule has 0 aliphatic carbocycles. The van der Waals surface area contributed by atoms with Crippen LogP contribution in [0.1, 0.15) is 12.2 Å². The van der Waals surface area contributed by atoms with Crippen LogP contribution in [-0.4, -0.2) is 40.4 Å². The van der Waals surface area contributed by atoms with Crippen LogP contribution in [-0.2, 0) is 4.74 Å². The number of aromatic nitrogens is 2. The highest BCUT2D eigenvalue weighted by Crippen LogP contribution is 2.19. The van der Waals surface area contributed by atoms with Crippen LogP contribution in [0.15, 0.2) is 6.07 Å². The molecule has 0 radical (unpaired) electrons. The van der Waals surface area contributed by atoms with E-state index in [1.807, 2.05) is 0 Å². The number of aliphatic hydroxyl groups is 1. The number of rotatable bonds is 3. The number of hydrogen-bond donors (Lipinski definition) is 2. The molecule has 0 bridgehead atoms. The molecule has 0 amide bonds. The summed E-state index contributed by atoms with van der Waals surface area (Å²) in [6, 6.07) is 1.63. The van der Waals surface area contributed by atoms with Gasteiger partial charge in [0, 0.05) is 25.6 Å². The number of aryl methyl sites for hydroxylation is 1. The summed E-state index contributed by atoms with van der Waals surface area (Å²) in [5.74, 6) is 1.22. The van der Waals surface area contributed by atoms with Crippen LogP contribution >= 0.6 is 11.6 Å². The van der Waals surface area contributed by atoms with Gasteiger partial charge in [0.25, 0.3) is 0 Å². The normalized spacial score (nSPS) is 24.7. The van der Waals surface area contributed by atoms with Gasteiger partial charge in [0.2, 0.25) is 0 Å². The molecule has 0 aromatic carbocycles. The molecule has 2 N–H and O–H groups in total. The molecule has 2 rings (SSSR count). The zero-order chi connectivity index (χ0) is 11.6. The van der Waals surface area contributed by atoms with Crippen molar-refractivity contribution in [1.82, 2.24) is 9.97 Å². The van der Waals surface area contributed by atoms with Crippen molar-refractivity contribution in [2.24, 2.45) is 0 Å². The number of anilines is 1. The second-order valence-electron chi connectivity index (χ2n) is 4.00. The van der Waals surface area contributed by atoms with E-state index in [-0.39, 0.29) is 0 Å². The molecule has 1 aliphatic heterocycles. The Morgan fingerprint density at radius 1 is 1.62 bits per heavy atom. The Kier molecular flexibility index (Phi) is 3.28. The molecule has 1 unspecified atom stereocenters. The topological polar surface area (TPSA) is 67.3 Å². The molecule has 1 fully saturated rings. The largest absolute Gasteiger partial charge is 0.386 e. The maximum Gasteiger partial charge on any atom is 0.134 e. The molecule has 6 heteroatoms. The van der Waals surface area contributed by atoms with E-state index >= 15 is 0 Å². The van der Waals surface area contributed by atoms with E-state index in [1.54, 1.807) is 13.0 Å². The van der Waals surface area contributed by atoms with Crippen molar-refractivity contribution in [1.29, 1.82) is 0 Å². The maximum atomic E-state index is 10.0. The van der Waals surface area contributed by atoms with Gasteiger partial charge in [0.1, 0.15) is 22.4 Å². The summed E-state index contributed by atoms with van der Waals surface area (Å²) in [6.07, 6.45) is 0.637. The van der Waals surface area contributed by atoms with Gasteiger partial charge >= 0.3 is 0 Å². The van der Waals surface area contributed by atoms with Crippen molar-refractivity contribution in [3.8, 4) is 0 Å². The highest BCUT2D eigenvalue weighted by molar-refractivity contribution is 6.29. The average molecular weight is 244 g/mol. The predicted octanol–water partition coefficient (Wildman–Crippen LogP) is 1.00. The van der Waals surface area contributed by atoms with Gasteiger partial charge in [-0.1, -0.05) is 11.6 Å². The fourth-order valence-corrected chi connectivity index (χ4v) is 1.84. The summed E-state index contributed by atoms with van der Waals surface area (Å²) in [5.41, 5.74) is -0.800. The number of halogens is 1. The zero-order valence-electron chi connectivity index (χ0n) is 9.03. The van der Waals surface area contributed by atoms with Gasteiger partial charge in [0.15, 0.2) is 0 Å². The molecule has 1 atom stereocenters. The van der Waals surface area contributed by atoms with Crippen LogP contribution in [0.2, 0.25) is 5.15 Å². The number of ether oxygens (including phenoxy) is 1. The lowest BCUT2D eigenvalue weighted by Gasteiger charge is -2.20. The van der Waals surface area contributed by atoms with Crippen molar-refractivity contribution in [2.75, 3.05) is 25.1 Å². The van der Waals surface area contributed by atoms with Crippen molar-refractivity contribution in [3.05, 3.63) is 17.0 Å². The molecule has 0 saturated carbocycles. The summed E-state index contributed by atoms with van der Waals surface area (Å²) in [5, 5.41) is 13.5. The lowest BCUT2D eigenvalue weighted by atomic mass is 10.0. The Morgan fingerprint density at radius 3 is 3.06 bits per heavy atom. The van der Waals surface area contributed by atoms with Crippen LogP contribution in [0.25, 0.3) is 0 Å². The summed E-state index contributed by atoms with van der Waals surface area (Å²) >= 11 is 5.80. The standard InChI is InChI=1S/C10H14ClN3O2/c1-7-13-8(11)4-9(14-7)12-5-10(15)2-3-16-6-10/h4,15H,2-3,5-6H2,1H3,(H,12,13,14). The minimum absolute atomic E-state index is 0.359. The molecule has 2 heterocycles. The first-order valence-corrected chi connectivity index (χ1v) is 5.50. The quantitative estimate of drug-likeness (QED) is 0.776. The Bertz CT molecular complexity index is 360. The second-order valence-corrected chi connectivity index (χ2v) is 4.39. The van der Waals surface area contributed by atoms with E-state index in [4.69, 9.17) is 16.3 Å². The average Bonchev–Trinajstić information content (AvgIpc) is 2.62. The molecule has 88 valence electrons. The Balaban J connectivity index is 1.98. The highest BCUT2D eigenvalue weighted by Gasteiger charge is 2.31. The predicted molar refractivity (Wildman–Crippen MR) is 60.7 cm³/mol. The first kappa shape index (κ1) is 11.6. The third-order valence-electron chi connectivity index (χ3n) is 2.49. The van der Waals surface area contributed by atoms with Crippen LogP contribution in [0, 0.1) is 6.92 Å². The lowest BCUT2D eigenvalue weighted by Crippen LogP contribution is -2.37. The van der Waals surface area contributed by atoms with Gasteiger partial charge < -0.3 is 15.2 Å². The van der Waals surface area contributed by atoms with Crippen LogP contribution in [0.4, 0.5) is 5.82 Å². The second kappa shape index (κ2) is 4.53. The smallest absolute Gasteiger partial charge is 0.134 e. The van der Waals surface area contributed by atoms with Gasteiger partial charge in [-0.05, 0) is 6.92 Å². The molecular weight excluding hydrogens is 230 g/mol.